The van der Waals surface area contributed by atoms with Gasteiger partial charge in [0.15, 0.2) is 0 Å². The van der Waals surface area contributed by atoms with Gasteiger partial charge in [-0.25, -0.2) is 8.42 Å². The van der Waals surface area contributed by atoms with Crippen LogP contribution in [0.3, 0.4) is 0 Å². The number of hydrogen-bond acceptors (Lipinski definition) is 4. The molecule has 0 amide bonds. The summed E-state index contributed by atoms with van der Waals surface area (Å²) >= 11 is 0. The van der Waals surface area contributed by atoms with E-state index in [4.69, 9.17) is 0 Å². The summed E-state index contributed by atoms with van der Waals surface area (Å²) in [5, 5.41) is 0. The molecule has 0 aliphatic rings. The quantitative estimate of drug-likeness (QED) is 0.716. The normalized spacial score (nSPS) is 11.9. The Morgan fingerprint density at radius 3 is 2.67 bits per heavy atom. The zero-order valence-electron chi connectivity index (χ0n) is 11.2. The second kappa shape index (κ2) is 7.48. The molecule has 1 aromatic rings. The van der Waals surface area contributed by atoms with E-state index in [1.165, 1.54) is 11.8 Å². The molecule has 0 spiro atoms. The second-order valence-electron chi connectivity index (χ2n) is 4.53. The predicted molar refractivity (Wildman–Crippen MR) is 74.4 cm³/mol. The van der Waals surface area contributed by atoms with Crippen molar-refractivity contribution in [3.63, 3.8) is 0 Å². The van der Waals surface area contributed by atoms with E-state index in [0.29, 0.717) is 6.54 Å². The van der Waals surface area contributed by atoms with Crippen LogP contribution in [0.5, 0.6) is 0 Å². The lowest BCUT2D eigenvalue weighted by molar-refractivity contribution is 0.301. The summed E-state index contributed by atoms with van der Waals surface area (Å²) in [6, 6.07) is 4.01. The highest BCUT2D eigenvalue weighted by molar-refractivity contribution is 7.90. The fourth-order valence-electron chi connectivity index (χ4n) is 1.78. The standard InChI is InChI=1S/C13H22N2O2S/c1-3-15(10-11-18(2,16)17)9-5-7-13-6-4-8-14-12-13/h4,6,8,12H,3,5,7,9-11H2,1-2H3. The Bertz CT molecular complexity index is 432. The van der Waals surface area contributed by atoms with Crippen LogP contribution in [-0.2, 0) is 16.3 Å². The van der Waals surface area contributed by atoms with Gasteiger partial charge >= 0.3 is 0 Å². The molecule has 0 N–H and O–H groups in total. The molecule has 102 valence electrons. The number of nitrogens with zero attached hydrogens (tertiary/aromatic N) is 2. The number of aryl methyl sites for hydroxylation is 1. The Balaban J connectivity index is 2.27. The Kier molecular flexibility index (Phi) is 6.29. The SMILES string of the molecule is CCN(CCCc1cccnc1)CCS(C)(=O)=O. The Morgan fingerprint density at radius 2 is 2.11 bits per heavy atom. The topological polar surface area (TPSA) is 50.3 Å². The highest BCUT2D eigenvalue weighted by atomic mass is 32.2. The molecule has 0 saturated carbocycles. The predicted octanol–water partition coefficient (Wildman–Crippen LogP) is 1.38. The van der Waals surface area contributed by atoms with E-state index in [-0.39, 0.29) is 5.75 Å². The average Bonchev–Trinajstić information content (AvgIpc) is 2.33. The van der Waals surface area contributed by atoms with Crippen molar-refractivity contribution in [3.05, 3.63) is 30.1 Å². The van der Waals surface area contributed by atoms with Crippen LogP contribution >= 0.6 is 0 Å². The molecule has 0 atom stereocenters. The third-order valence-corrected chi connectivity index (χ3v) is 3.81. The van der Waals surface area contributed by atoms with Crippen molar-refractivity contribution in [1.82, 2.24) is 9.88 Å². The molecule has 0 saturated heterocycles. The summed E-state index contributed by atoms with van der Waals surface area (Å²) in [5.41, 5.74) is 1.23. The lowest BCUT2D eigenvalue weighted by atomic mass is 10.1. The van der Waals surface area contributed by atoms with Crippen molar-refractivity contribution in [2.24, 2.45) is 0 Å². The van der Waals surface area contributed by atoms with Gasteiger partial charge < -0.3 is 4.90 Å². The maximum absolute atomic E-state index is 11.1. The lowest BCUT2D eigenvalue weighted by Crippen LogP contribution is -2.30. The largest absolute Gasteiger partial charge is 0.303 e. The molecule has 0 aromatic carbocycles. The molecule has 0 aliphatic heterocycles. The van der Waals surface area contributed by atoms with Crippen LogP contribution in [0.1, 0.15) is 18.9 Å². The molecule has 0 radical (unpaired) electrons. The molecule has 1 heterocycles. The third-order valence-electron chi connectivity index (χ3n) is 2.89. The van der Waals surface area contributed by atoms with Gasteiger partial charge in [0.25, 0.3) is 0 Å². The molecule has 0 unspecified atom stereocenters. The Hall–Kier alpha value is -0.940. The molecule has 1 rings (SSSR count). The van der Waals surface area contributed by atoms with Crippen LogP contribution in [0.25, 0.3) is 0 Å². The van der Waals surface area contributed by atoms with Crippen LogP contribution in [0.15, 0.2) is 24.5 Å². The van der Waals surface area contributed by atoms with Crippen molar-refractivity contribution in [2.45, 2.75) is 19.8 Å². The van der Waals surface area contributed by atoms with Gasteiger partial charge in [0.05, 0.1) is 5.75 Å². The number of sulfone groups is 1. The first-order chi connectivity index (χ1) is 8.51. The molecule has 1 aromatic heterocycles. The minimum Gasteiger partial charge on any atom is -0.303 e. The average molecular weight is 270 g/mol. The van der Waals surface area contributed by atoms with Crippen molar-refractivity contribution < 1.29 is 8.42 Å². The zero-order chi connectivity index (χ0) is 13.4. The van der Waals surface area contributed by atoms with Crippen LogP contribution in [-0.4, -0.2) is 49.9 Å². The molecule has 0 fully saturated rings. The minimum atomic E-state index is -2.86. The van der Waals surface area contributed by atoms with Crippen LogP contribution in [0.4, 0.5) is 0 Å². The summed E-state index contributed by atoms with van der Waals surface area (Å²) in [6.07, 6.45) is 6.96. The van der Waals surface area contributed by atoms with Crippen LogP contribution < -0.4 is 0 Å². The van der Waals surface area contributed by atoms with Crippen molar-refractivity contribution in [1.29, 1.82) is 0 Å². The van der Waals surface area contributed by atoms with Gasteiger partial charge in [-0.3, -0.25) is 4.98 Å². The first kappa shape index (κ1) is 15.1. The van der Waals surface area contributed by atoms with Crippen molar-refractivity contribution >= 4 is 9.84 Å². The monoisotopic (exact) mass is 270 g/mol. The van der Waals surface area contributed by atoms with Gasteiger partial charge in [-0.2, -0.15) is 0 Å². The Labute approximate surface area is 110 Å². The summed E-state index contributed by atoms with van der Waals surface area (Å²) in [5.74, 6) is 0.244. The van der Waals surface area contributed by atoms with E-state index in [1.54, 1.807) is 6.20 Å². The van der Waals surface area contributed by atoms with Gasteiger partial charge in [-0.05, 0) is 37.6 Å². The van der Waals surface area contributed by atoms with Crippen molar-refractivity contribution in [3.8, 4) is 0 Å². The zero-order valence-corrected chi connectivity index (χ0v) is 12.0. The molecular weight excluding hydrogens is 248 g/mol. The van der Waals surface area contributed by atoms with Crippen LogP contribution in [0.2, 0.25) is 0 Å². The van der Waals surface area contributed by atoms with E-state index < -0.39 is 9.84 Å². The van der Waals surface area contributed by atoms with E-state index in [1.807, 2.05) is 12.3 Å². The molecule has 18 heavy (non-hydrogen) atoms. The summed E-state index contributed by atoms with van der Waals surface area (Å²) in [7, 11) is -2.86. The smallest absolute Gasteiger partial charge is 0.148 e. The fourth-order valence-corrected chi connectivity index (χ4v) is 2.37. The lowest BCUT2D eigenvalue weighted by Gasteiger charge is -2.19. The fraction of sp³-hybridized carbons (Fsp3) is 0.615. The summed E-state index contributed by atoms with van der Waals surface area (Å²) in [6.45, 7) is 4.51. The number of hydrogen-bond donors (Lipinski definition) is 0. The van der Waals surface area contributed by atoms with Gasteiger partial charge in [0.2, 0.25) is 0 Å². The number of pyridine rings is 1. The minimum absolute atomic E-state index is 0.244. The Morgan fingerprint density at radius 1 is 1.33 bits per heavy atom. The van der Waals surface area contributed by atoms with E-state index >= 15 is 0 Å². The molecular formula is C13H22N2O2S. The maximum atomic E-state index is 11.1. The van der Waals surface area contributed by atoms with Gasteiger partial charge in [0.1, 0.15) is 9.84 Å². The van der Waals surface area contributed by atoms with E-state index in [0.717, 1.165) is 25.9 Å². The molecule has 5 heteroatoms. The maximum Gasteiger partial charge on any atom is 0.148 e. The molecule has 4 nitrogen and oxygen atoms in total. The van der Waals surface area contributed by atoms with Gasteiger partial charge in [-0.1, -0.05) is 13.0 Å². The van der Waals surface area contributed by atoms with Gasteiger partial charge in [-0.15, -0.1) is 0 Å². The highest BCUT2D eigenvalue weighted by Crippen LogP contribution is 2.02. The molecule has 0 aliphatic carbocycles. The second-order valence-corrected chi connectivity index (χ2v) is 6.79. The summed E-state index contributed by atoms with van der Waals surface area (Å²) in [4.78, 5) is 6.26. The summed E-state index contributed by atoms with van der Waals surface area (Å²) < 4.78 is 22.2. The van der Waals surface area contributed by atoms with E-state index in [9.17, 15) is 8.42 Å². The van der Waals surface area contributed by atoms with Crippen molar-refractivity contribution in [2.75, 3.05) is 31.6 Å². The number of aromatic nitrogens is 1. The first-order valence-electron chi connectivity index (χ1n) is 6.30. The van der Waals surface area contributed by atoms with Crippen LogP contribution in [0, 0.1) is 0 Å². The third kappa shape index (κ3) is 6.71. The van der Waals surface area contributed by atoms with Gasteiger partial charge in [0, 0.05) is 25.2 Å². The number of rotatable bonds is 8. The van der Waals surface area contributed by atoms with E-state index in [2.05, 4.69) is 22.9 Å². The first-order valence-corrected chi connectivity index (χ1v) is 8.36. The highest BCUT2D eigenvalue weighted by Gasteiger charge is 2.07. The molecule has 0 bridgehead atoms.